The number of anilines is 2. The molecule has 0 spiro atoms. The number of aromatic nitrogens is 2. The lowest BCUT2D eigenvalue weighted by Gasteiger charge is -2.40. The van der Waals surface area contributed by atoms with E-state index in [1.54, 1.807) is 0 Å². The maximum Gasteiger partial charge on any atom is 0.134 e. The van der Waals surface area contributed by atoms with Gasteiger partial charge in [-0.3, -0.25) is 9.98 Å². The molecule has 0 saturated carbocycles. The summed E-state index contributed by atoms with van der Waals surface area (Å²) in [6.45, 7) is 22.0. The second-order valence-electron chi connectivity index (χ2n) is 17.2. The van der Waals surface area contributed by atoms with E-state index >= 15 is 0 Å². The molecule has 0 atom stereocenters. The van der Waals surface area contributed by atoms with Gasteiger partial charge in [0.1, 0.15) is 23.3 Å². The van der Waals surface area contributed by atoms with Gasteiger partial charge in [0.2, 0.25) is 0 Å². The summed E-state index contributed by atoms with van der Waals surface area (Å²) in [5.74, 6) is 3.79. The Morgan fingerprint density at radius 1 is 0.407 bits per heavy atom. The molecular formula is C48H48N6. The highest BCUT2D eigenvalue weighted by Crippen LogP contribution is 2.50. The van der Waals surface area contributed by atoms with Crippen LogP contribution < -0.4 is 9.80 Å². The van der Waals surface area contributed by atoms with Crippen molar-refractivity contribution in [2.45, 2.75) is 91.4 Å². The van der Waals surface area contributed by atoms with E-state index < -0.39 is 0 Å². The van der Waals surface area contributed by atoms with Gasteiger partial charge < -0.3 is 9.80 Å². The van der Waals surface area contributed by atoms with Gasteiger partial charge in [0, 0.05) is 23.5 Å². The van der Waals surface area contributed by atoms with Gasteiger partial charge in [-0.2, -0.15) is 0 Å². The van der Waals surface area contributed by atoms with Gasteiger partial charge in [-0.15, -0.1) is 0 Å². The fourth-order valence-corrected chi connectivity index (χ4v) is 9.22. The maximum absolute atomic E-state index is 5.18. The summed E-state index contributed by atoms with van der Waals surface area (Å²) in [6, 6.07) is 35.4. The maximum atomic E-state index is 5.18. The average molecular weight is 709 g/mol. The SMILES string of the molecule is CC1=NC(C)(C)C(C)(C)N1c1ccc(-c2c3ccccc3c(-c3ccc(N4C(C)=NC(C)(C)C4(C)C)nc3)c3c4ccccc4c4ccccc4c23)cn1. The zero-order chi connectivity index (χ0) is 37.9. The minimum Gasteiger partial charge on any atom is -0.307 e. The van der Waals surface area contributed by atoms with Gasteiger partial charge in [0.15, 0.2) is 0 Å². The predicted molar refractivity (Wildman–Crippen MR) is 230 cm³/mol. The summed E-state index contributed by atoms with van der Waals surface area (Å²) < 4.78 is 0. The highest BCUT2D eigenvalue weighted by Gasteiger charge is 2.49. The number of benzene rings is 5. The first-order chi connectivity index (χ1) is 25.6. The molecule has 7 aromatic rings. The van der Waals surface area contributed by atoms with Crippen LogP contribution in [0.5, 0.6) is 0 Å². The number of pyridine rings is 2. The van der Waals surface area contributed by atoms with Gasteiger partial charge in [-0.1, -0.05) is 72.8 Å². The number of aliphatic imine (C=N–C) groups is 2. The minimum atomic E-state index is -0.236. The molecule has 0 radical (unpaired) electrons. The summed E-state index contributed by atoms with van der Waals surface area (Å²) >= 11 is 0. The van der Waals surface area contributed by atoms with Crippen LogP contribution in [-0.4, -0.2) is 43.8 Å². The van der Waals surface area contributed by atoms with E-state index in [-0.39, 0.29) is 22.2 Å². The van der Waals surface area contributed by atoms with Gasteiger partial charge in [0.25, 0.3) is 0 Å². The first-order valence-corrected chi connectivity index (χ1v) is 19.1. The summed E-state index contributed by atoms with van der Waals surface area (Å²) in [7, 11) is 0. The summed E-state index contributed by atoms with van der Waals surface area (Å²) in [5.41, 5.74) is 3.62. The Morgan fingerprint density at radius 3 is 1.04 bits per heavy atom. The molecule has 270 valence electrons. The fraction of sp³-hybridized carbons (Fsp3) is 0.292. The molecule has 0 aliphatic carbocycles. The first-order valence-electron chi connectivity index (χ1n) is 19.1. The van der Waals surface area contributed by atoms with Crippen LogP contribution in [0.2, 0.25) is 0 Å². The van der Waals surface area contributed by atoms with Crippen molar-refractivity contribution in [2.24, 2.45) is 9.98 Å². The number of hydrogen-bond donors (Lipinski definition) is 0. The zero-order valence-corrected chi connectivity index (χ0v) is 33.1. The van der Waals surface area contributed by atoms with Gasteiger partial charge in [0.05, 0.1) is 22.2 Å². The lowest BCUT2D eigenvalue weighted by Crippen LogP contribution is -2.53. The first kappa shape index (κ1) is 34.2. The number of hydrogen-bond acceptors (Lipinski definition) is 6. The van der Waals surface area contributed by atoms with Gasteiger partial charge in [-0.25, -0.2) is 9.97 Å². The molecule has 0 amide bonds. The molecule has 5 aromatic carbocycles. The molecule has 2 aliphatic rings. The Balaban J connectivity index is 1.33. The van der Waals surface area contributed by atoms with Crippen molar-refractivity contribution in [3.05, 3.63) is 109 Å². The van der Waals surface area contributed by atoms with Crippen molar-refractivity contribution >= 4 is 66.4 Å². The van der Waals surface area contributed by atoms with Crippen LogP contribution in [0, 0.1) is 0 Å². The molecule has 0 N–H and O–H groups in total. The van der Waals surface area contributed by atoms with Crippen LogP contribution in [0.4, 0.5) is 11.6 Å². The lowest BCUT2D eigenvalue weighted by molar-refractivity contribution is 0.337. The smallest absolute Gasteiger partial charge is 0.134 e. The molecule has 6 nitrogen and oxygen atoms in total. The number of fused-ring (bicyclic) bond motifs is 7. The molecule has 54 heavy (non-hydrogen) atoms. The lowest BCUT2D eigenvalue weighted by atomic mass is 9.82. The fourth-order valence-electron chi connectivity index (χ4n) is 9.22. The van der Waals surface area contributed by atoms with E-state index in [4.69, 9.17) is 20.0 Å². The van der Waals surface area contributed by atoms with Crippen molar-refractivity contribution in [3.63, 3.8) is 0 Å². The van der Waals surface area contributed by atoms with Crippen LogP contribution in [-0.2, 0) is 0 Å². The second kappa shape index (κ2) is 11.4. The normalized spacial score (nSPS) is 18.6. The number of nitrogens with zero attached hydrogens (tertiary/aromatic N) is 6. The van der Waals surface area contributed by atoms with Crippen molar-refractivity contribution in [2.75, 3.05) is 9.80 Å². The van der Waals surface area contributed by atoms with Crippen molar-refractivity contribution in [1.82, 2.24) is 9.97 Å². The molecule has 0 saturated heterocycles. The average Bonchev–Trinajstić information content (AvgIpc) is 3.42. The van der Waals surface area contributed by atoms with Gasteiger partial charge in [-0.05, 0) is 148 Å². The highest BCUT2D eigenvalue weighted by molar-refractivity contribution is 6.36. The van der Waals surface area contributed by atoms with Crippen LogP contribution in [0.1, 0.15) is 69.2 Å². The van der Waals surface area contributed by atoms with E-state index in [1.807, 2.05) is 0 Å². The minimum absolute atomic E-state index is 0.225. The standard InChI is InChI=1S/C48H48N6/c1-29-51-45(3,4)47(7,8)53(29)39-25-23-31(27-49-39)41-37-21-15-16-22-38(37)42(32-24-26-40(50-28-32)54-30(2)52-46(5,6)48(54,9)10)44-36-20-14-12-18-34(36)33-17-11-13-19-35(33)43(41)44/h11-28H,1-10H3. The van der Waals surface area contributed by atoms with Crippen molar-refractivity contribution in [1.29, 1.82) is 0 Å². The Hall–Kier alpha value is -5.62. The summed E-state index contributed by atoms with van der Waals surface area (Å²) in [4.78, 5) is 25.0. The van der Waals surface area contributed by atoms with E-state index in [9.17, 15) is 0 Å². The quantitative estimate of drug-likeness (QED) is 0.135. The van der Waals surface area contributed by atoms with Crippen LogP contribution in [0.15, 0.2) is 119 Å². The molecule has 0 fully saturated rings. The molecule has 9 rings (SSSR count). The molecule has 4 heterocycles. The Morgan fingerprint density at radius 2 is 0.741 bits per heavy atom. The number of amidine groups is 2. The Labute approximate surface area is 318 Å². The largest absolute Gasteiger partial charge is 0.307 e. The molecular weight excluding hydrogens is 661 g/mol. The Kier molecular flexibility index (Phi) is 7.24. The van der Waals surface area contributed by atoms with Crippen LogP contribution in [0.25, 0.3) is 65.3 Å². The van der Waals surface area contributed by atoms with E-state index in [0.717, 1.165) is 34.4 Å². The topological polar surface area (TPSA) is 57.0 Å². The van der Waals surface area contributed by atoms with Crippen molar-refractivity contribution < 1.29 is 0 Å². The zero-order valence-electron chi connectivity index (χ0n) is 33.1. The van der Waals surface area contributed by atoms with Crippen molar-refractivity contribution in [3.8, 4) is 22.3 Å². The monoisotopic (exact) mass is 708 g/mol. The summed E-state index contributed by atoms with van der Waals surface area (Å²) in [5, 5.41) is 9.74. The van der Waals surface area contributed by atoms with Crippen LogP contribution >= 0.6 is 0 Å². The highest BCUT2D eigenvalue weighted by atomic mass is 15.4. The Bertz CT molecular complexity index is 2540. The third-order valence-electron chi connectivity index (χ3n) is 13.1. The third-order valence-corrected chi connectivity index (χ3v) is 13.1. The predicted octanol–water partition coefficient (Wildman–Crippen LogP) is 12.0. The molecule has 0 bridgehead atoms. The third kappa shape index (κ3) is 4.65. The van der Waals surface area contributed by atoms with Crippen LogP contribution in [0.3, 0.4) is 0 Å². The van der Waals surface area contributed by atoms with E-state index in [2.05, 4.69) is 188 Å². The molecule has 2 aliphatic heterocycles. The summed E-state index contributed by atoms with van der Waals surface area (Å²) in [6.07, 6.45) is 4.13. The van der Waals surface area contributed by atoms with E-state index in [0.29, 0.717) is 0 Å². The molecule has 6 heteroatoms. The van der Waals surface area contributed by atoms with Gasteiger partial charge >= 0.3 is 0 Å². The number of rotatable bonds is 4. The second-order valence-corrected chi connectivity index (χ2v) is 17.2. The molecule has 2 aromatic heterocycles. The molecule has 0 unspecified atom stereocenters. The van der Waals surface area contributed by atoms with E-state index in [1.165, 1.54) is 54.2 Å².